The zero-order valence-electron chi connectivity index (χ0n) is 12.1. The van der Waals surface area contributed by atoms with Crippen molar-refractivity contribution in [2.45, 2.75) is 52.1 Å². The maximum atomic E-state index is 11.2. The van der Waals surface area contributed by atoms with Crippen LogP contribution < -0.4 is 0 Å². The number of ether oxygens (including phenoxy) is 1. The molecule has 5 heteroatoms. The van der Waals surface area contributed by atoms with Gasteiger partial charge in [-0.15, -0.1) is 0 Å². The number of carbonyl (C=O) groups is 1. The van der Waals surface area contributed by atoms with Crippen LogP contribution in [0.2, 0.25) is 0 Å². The molecule has 0 aliphatic rings. The van der Waals surface area contributed by atoms with E-state index in [1.54, 1.807) is 7.11 Å². The summed E-state index contributed by atoms with van der Waals surface area (Å²) in [5.74, 6) is -0.403. The van der Waals surface area contributed by atoms with E-state index in [4.69, 9.17) is 9.84 Å². The molecule has 1 aromatic rings. The van der Waals surface area contributed by atoms with Crippen LogP contribution in [0.4, 0.5) is 0 Å². The van der Waals surface area contributed by atoms with Gasteiger partial charge in [0.1, 0.15) is 5.60 Å². The summed E-state index contributed by atoms with van der Waals surface area (Å²) in [7, 11) is 1.64. The third-order valence-corrected chi connectivity index (χ3v) is 3.53. The molecule has 1 aromatic heterocycles. The summed E-state index contributed by atoms with van der Waals surface area (Å²) >= 11 is 0. The number of carboxylic acid groups (broad SMARTS) is 1. The molecule has 0 aromatic carbocycles. The van der Waals surface area contributed by atoms with E-state index in [9.17, 15) is 4.79 Å². The molecule has 0 bridgehead atoms. The van der Waals surface area contributed by atoms with Crippen LogP contribution in [-0.2, 0) is 16.8 Å². The molecule has 0 unspecified atom stereocenters. The van der Waals surface area contributed by atoms with Gasteiger partial charge in [-0.25, -0.2) is 14.8 Å². The fourth-order valence-corrected chi connectivity index (χ4v) is 2.19. The third-order valence-electron chi connectivity index (χ3n) is 3.53. The van der Waals surface area contributed by atoms with Crippen LogP contribution in [0.3, 0.4) is 0 Å². The van der Waals surface area contributed by atoms with Crippen molar-refractivity contribution in [2.75, 3.05) is 7.11 Å². The topological polar surface area (TPSA) is 72.3 Å². The van der Waals surface area contributed by atoms with Gasteiger partial charge in [0.15, 0.2) is 5.82 Å². The first-order valence-electron chi connectivity index (χ1n) is 6.69. The van der Waals surface area contributed by atoms with Gasteiger partial charge in [-0.05, 0) is 19.3 Å². The van der Waals surface area contributed by atoms with Gasteiger partial charge in [-0.1, -0.05) is 27.2 Å². The maximum absolute atomic E-state index is 11.2. The van der Waals surface area contributed by atoms with E-state index in [1.165, 1.54) is 6.20 Å². The van der Waals surface area contributed by atoms with E-state index < -0.39 is 11.6 Å². The highest BCUT2D eigenvalue weighted by atomic mass is 16.5. The Kier molecular flexibility index (Phi) is 5.42. The molecule has 1 heterocycles. The quantitative estimate of drug-likeness (QED) is 0.821. The predicted octanol–water partition coefficient (Wildman–Crippen LogP) is 2.79. The Morgan fingerprint density at radius 1 is 1.37 bits per heavy atom. The fraction of sp³-hybridized carbons (Fsp3) is 0.643. The standard InChI is InChI=1S/C14H22N2O3/c1-5-8-11-10(12(17)18)9-15-13(16-11)14(6-2,7-3)19-4/h9H,5-8H2,1-4H3,(H,17,18). The van der Waals surface area contributed by atoms with Crippen molar-refractivity contribution in [3.63, 3.8) is 0 Å². The Bertz CT molecular complexity index is 434. The zero-order chi connectivity index (χ0) is 14.5. The second kappa shape index (κ2) is 6.61. The number of aromatic carboxylic acids is 1. The molecule has 0 atom stereocenters. The molecule has 0 aliphatic heterocycles. The van der Waals surface area contributed by atoms with Crippen LogP contribution in [-0.4, -0.2) is 28.2 Å². The van der Waals surface area contributed by atoms with E-state index in [-0.39, 0.29) is 5.56 Å². The van der Waals surface area contributed by atoms with Crippen LogP contribution in [0.25, 0.3) is 0 Å². The molecule has 0 saturated heterocycles. The molecule has 106 valence electrons. The van der Waals surface area contributed by atoms with Crippen molar-refractivity contribution < 1.29 is 14.6 Å². The second-order valence-electron chi connectivity index (χ2n) is 4.51. The van der Waals surface area contributed by atoms with Crippen LogP contribution in [0.1, 0.15) is 61.9 Å². The van der Waals surface area contributed by atoms with E-state index in [0.717, 1.165) is 19.3 Å². The Morgan fingerprint density at radius 2 is 2.00 bits per heavy atom. The summed E-state index contributed by atoms with van der Waals surface area (Å²) in [6.07, 6.45) is 4.37. The Morgan fingerprint density at radius 3 is 2.42 bits per heavy atom. The lowest BCUT2D eigenvalue weighted by atomic mass is 9.95. The van der Waals surface area contributed by atoms with Crippen molar-refractivity contribution in [1.29, 1.82) is 0 Å². The Balaban J connectivity index is 3.31. The normalized spacial score (nSPS) is 11.6. The molecule has 19 heavy (non-hydrogen) atoms. The minimum atomic E-state index is -0.981. The van der Waals surface area contributed by atoms with E-state index in [1.807, 2.05) is 20.8 Å². The smallest absolute Gasteiger partial charge is 0.339 e. The van der Waals surface area contributed by atoms with E-state index >= 15 is 0 Å². The second-order valence-corrected chi connectivity index (χ2v) is 4.51. The van der Waals surface area contributed by atoms with Crippen LogP contribution >= 0.6 is 0 Å². The van der Waals surface area contributed by atoms with Gasteiger partial charge in [-0.3, -0.25) is 0 Å². The minimum Gasteiger partial charge on any atom is -0.478 e. The maximum Gasteiger partial charge on any atom is 0.339 e. The number of nitrogens with zero attached hydrogens (tertiary/aromatic N) is 2. The lowest BCUT2D eigenvalue weighted by Gasteiger charge is -2.28. The molecular formula is C14H22N2O3. The van der Waals surface area contributed by atoms with Crippen molar-refractivity contribution >= 4 is 5.97 Å². The number of hydrogen-bond acceptors (Lipinski definition) is 4. The molecule has 0 fully saturated rings. The first-order valence-corrected chi connectivity index (χ1v) is 6.69. The van der Waals surface area contributed by atoms with E-state index in [0.29, 0.717) is 17.9 Å². The highest BCUT2D eigenvalue weighted by Gasteiger charge is 2.32. The summed E-state index contributed by atoms with van der Waals surface area (Å²) in [5.41, 5.74) is 0.241. The zero-order valence-corrected chi connectivity index (χ0v) is 12.1. The fourth-order valence-electron chi connectivity index (χ4n) is 2.19. The molecule has 0 spiro atoms. The number of carboxylic acids is 1. The molecule has 0 radical (unpaired) electrons. The number of rotatable bonds is 7. The van der Waals surface area contributed by atoms with Gasteiger partial charge < -0.3 is 9.84 Å². The van der Waals surface area contributed by atoms with Gasteiger partial charge in [0.25, 0.3) is 0 Å². The lowest BCUT2D eigenvalue weighted by molar-refractivity contribution is -0.0293. The molecule has 0 amide bonds. The third kappa shape index (κ3) is 3.10. The SMILES string of the molecule is CCCc1nc(C(CC)(CC)OC)ncc1C(=O)O. The Labute approximate surface area is 114 Å². The highest BCUT2D eigenvalue weighted by Crippen LogP contribution is 2.30. The van der Waals surface area contributed by atoms with Crippen molar-refractivity contribution in [1.82, 2.24) is 9.97 Å². The highest BCUT2D eigenvalue weighted by molar-refractivity contribution is 5.88. The molecule has 0 aliphatic carbocycles. The van der Waals surface area contributed by atoms with Crippen LogP contribution in [0, 0.1) is 0 Å². The molecule has 1 N–H and O–H groups in total. The van der Waals surface area contributed by atoms with Crippen molar-refractivity contribution in [2.24, 2.45) is 0 Å². The summed E-state index contributed by atoms with van der Waals surface area (Å²) in [6.45, 7) is 6.03. The van der Waals surface area contributed by atoms with Crippen molar-refractivity contribution in [3.05, 3.63) is 23.3 Å². The number of methoxy groups -OCH3 is 1. The summed E-state index contributed by atoms with van der Waals surface area (Å²) < 4.78 is 5.58. The first-order chi connectivity index (χ1) is 9.04. The number of hydrogen-bond donors (Lipinski definition) is 1. The van der Waals surface area contributed by atoms with Gasteiger partial charge in [0, 0.05) is 13.3 Å². The van der Waals surface area contributed by atoms with Crippen LogP contribution in [0.15, 0.2) is 6.20 Å². The van der Waals surface area contributed by atoms with Gasteiger partial charge in [0.2, 0.25) is 0 Å². The Hall–Kier alpha value is -1.49. The predicted molar refractivity (Wildman–Crippen MR) is 72.3 cm³/mol. The van der Waals surface area contributed by atoms with E-state index in [2.05, 4.69) is 9.97 Å². The molecule has 0 saturated carbocycles. The number of aromatic nitrogens is 2. The summed E-state index contributed by atoms with van der Waals surface area (Å²) in [4.78, 5) is 19.8. The first kappa shape index (κ1) is 15.6. The average molecular weight is 266 g/mol. The number of aryl methyl sites for hydroxylation is 1. The van der Waals surface area contributed by atoms with Crippen molar-refractivity contribution in [3.8, 4) is 0 Å². The minimum absolute atomic E-state index is 0.183. The average Bonchev–Trinajstić information content (AvgIpc) is 2.42. The lowest BCUT2D eigenvalue weighted by Crippen LogP contribution is -2.30. The largest absolute Gasteiger partial charge is 0.478 e. The summed E-state index contributed by atoms with van der Waals surface area (Å²) in [5, 5.41) is 9.15. The summed E-state index contributed by atoms with van der Waals surface area (Å²) in [6, 6.07) is 0. The monoisotopic (exact) mass is 266 g/mol. The van der Waals surface area contributed by atoms with Gasteiger partial charge in [0.05, 0.1) is 11.3 Å². The van der Waals surface area contributed by atoms with Gasteiger partial charge in [-0.2, -0.15) is 0 Å². The molecule has 1 rings (SSSR count). The molecule has 5 nitrogen and oxygen atoms in total. The molecular weight excluding hydrogens is 244 g/mol. The van der Waals surface area contributed by atoms with Gasteiger partial charge >= 0.3 is 5.97 Å². The van der Waals surface area contributed by atoms with Crippen LogP contribution in [0.5, 0.6) is 0 Å².